The summed E-state index contributed by atoms with van der Waals surface area (Å²) >= 11 is 18.2. The molecule has 188 valence electrons. The SMILES string of the molecule is CCOc1ccc(N2C[C@@H](C(=O)NNc3cc(Cl)ccc3OCc3ccc(Cl)c(Cl)c3)CC2=O)cc1. The topological polar surface area (TPSA) is 79.9 Å². The van der Waals surface area contributed by atoms with E-state index in [0.717, 1.165) is 17.0 Å². The zero-order chi connectivity index (χ0) is 25.7. The lowest BCUT2D eigenvalue weighted by atomic mass is 10.1. The Balaban J connectivity index is 1.37. The molecule has 1 saturated heterocycles. The highest BCUT2D eigenvalue weighted by molar-refractivity contribution is 6.42. The number of carbonyl (C=O) groups is 2. The highest BCUT2D eigenvalue weighted by atomic mass is 35.5. The molecule has 36 heavy (non-hydrogen) atoms. The molecule has 1 aliphatic rings. The fourth-order valence-electron chi connectivity index (χ4n) is 3.77. The maximum Gasteiger partial charge on any atom is 0.243 e. The van der Waals surface area contributed by atoms with Crippen LogP contribution in [0.15, 0.2) is 60.7 Å². The summed E-state index contributed by atoms with van der Waals surface area (Å²) in [7, 11) is 0. The van der Waals surface area contributed by atoms with Gasteiger partial charge >= 0.3 is 0 Å². The lowest BCUT2D eigenvalue weighted by molar-refractivity contribution is -0.125. The van der Waals surface area contributed by atoms with Gasteiger partial charge in [-0.15, -0.1) is 0 Å². The zero-order valence-corrected chi connectivity index (χ0v) is 21.7. The van der Waals surface area contributed by atoms with Crippen LogP contribution in [-0.2, 0) is 16.2 Å². The molecule has 1 heterocycles. The number of anilines is 2. The third kappa shape index (κ3) is 6.35. The fourth-order valence-corrected chi connectivity index (χ4v) is 4.26. The molecule has 0 radical (unpaired) electrons. The Hall–Kier alpha value is -3.13. The van der Waals surface area contributed by atoms with Gasteiger partial charge in [0.2, 0.25) is 11.8 Å². The number of nitrogens with zero attached hydrogens (tertiary/aromatic N) is 1. The minimum Gasteiger partial charge on any atom is -0.494 e. The standard InChI is InChI=1S/C26H24Cl3N3O4/c1-2-35-20-7-5-19(6-8-20)32-14-17(12-25(32)33)26(34)31-30-23-13-18(27)4-10-24(23)36-15-16-3-9-21(28)22(29)11-16/h3-11,13,17,30H,2,12,14-15H2,1H3,(H,31,34)/t17-/m0/s1. The molecule has 2 N–H and O–H groups in total. The highest BCUT2D eigenvalue weighted by Gasteiger charge is 2.35. The summed E-state index contributed by atoms with van der Waals surface area (Å²) in [5.74, 6) is 0.255. The highest BCUT2D eigenvalue weighted by Crippen LogP contribution is 2.30. The van der Waals surface area contributed by atoms with Crippen molar-refractivity contribution >= 4 is 58.0 Å². The van der Waals surface area contributed by atoms with Gasteiger partial charge in [-0.3, -0.25) is 20.4 Å². The van der Waals surface area contributed by atoms with Crippen LogP contribution in [0.5, 0.6) is 11.5 Å². The number of halogens is 3. The lowest BCUT2D eigenvalue weighted by Gasteiger charge is -2.18. The minimum atomic E-state index is -0.517. The van der Waals surface area contributed by atoms with E-state index >= 15 is 0 Å². The van der Waals surface area contributed by atoms with Crippen molar-refractivity contribution in [3.05, 3.63) is 81.3 Å². The number of nitrogens with one attached hydrogen (secondary N) is 2. The Bertz CT molecular complexity index is 1250. The van der Waals surface area contributed by atoms with Crippen molar-refractivity contribution in [1.29, 1.82) is 0 Å². The van der Waals surface area contributed by atoms with Crippen LogP contribution in [0.25, 0.3) is 0 Å². The maximum atomic E-state index is 12.9. The molecule has 3 aromatic carbocycles. The smallest absolute Gasteiger partial charge is 0.243 e. The van der Waals surface area contributed by atoms with E-state index in [1.54, 1.807) is 47.4 Å². The van der Waals surface area contributed by atoms with Crippen LogP contribution in [-0.4, -0.2) is 25.0 Å². The summed E-state index contributed by atoms with van der Waals surface area (Å²) in [5.41, 5.74) is 7.58. The Morgan fingerprint density at radius 2 is 1.78 bits per heavy atom. The Morgan fingerprint density at radius 3 is 2.50 bits per heavy atom. The molecule has 0 spiro atoms. The Morgan fingerprint density at radius 1 is 1.00 bits per heavy atom. The summed E-state index contributed by atoms with van der Waals surface area (Å²) in [4.78, 5) is 27.0. The van der Waals surface area contributed by atoms with Gasteiger partial charge in [-0.1, -0.05) is 40.9 Å². The van der Waals surface area contributed by atoms with Gasteiger partial charge in [0, 0.05) is 23.7 Å². The van der Waals surface area contributed by atoms with Crippen LogP contribution in [0, 0.1) is 5.92 Å². The third-order valence-electron chi connectivity index (χ3n) is 5.60. The monoisotopic (exact) mass is 547 g/mol. The van der Waals surface area contributed by atoms with Gasteiger partial charge in [-0.25, -0.2) is 0 Å². The number of carbonyl (C=O) groups excluding carboxylic acids is 2. The summed E-state index contributed by atoms with van der Waals surface area (Å²) in [6.07, 6.45) is 0.108. The van der Waals surface area contributed by atoms with Crippen molar-refractivity contribution < 1.29 is 19.1 Å². The van der Waals surface area contributed by atoms with E-state index in [-0.39, 0.29) is 31.4 Å². The quantitative estimate of drug-likeness (QED) is 0.315. The summed E-state index contributed by atoms with van der Waals surface area (Å²) < 4.78 is 11.4. The molecule has 0 aromatic heterocycles. The average molecular weight is 549 g/mol. The molecule has 2 amide bonds. The first kappa shape index (κ1) is 25.9. The first-order chi connectivity index (χ1) is 17.3. The molecule has 0 saturated carbocycles. The van der Waals surface area contributed by atoms with E-state index in [2.05, 4.69) is 10.9 Å². The van der Waals surface area contributed by atoms with Gasteiger partial charge in [-0.2, -0.15) is 0 Å². The summed E-state index contributed by atoms with van der Waals surface area (Å²) in [6.45, 7) is 2.97. The van der Waals surface area contributed by atoms with Gasteiger partial charge < -0.3 is 14.4 Å². The fraction of sp³-hybridized carbons (Fsp3) is 0.231. The van der Waals surface area contributed by atoms with E-state index in [9.17, 15) is 9.59 Å². The van der Waals surface area contributed by atoms with Crippen molar-refractivity contribution in [1.82, 2.24) is 5.43 Å². The molecule has 0 unspecified atom stereocenters. The van der Waals surface area contributed by atoms with Gasteiger partial charge in [0.1, 0.15) is 18.1 Å². The number of hydrogen-bond donors (Lipinski definition) is 2. The van der Waals surface area contributed by atoms with E-state index in [0.29, 0.717) is 33.1 Å². The first-order valence-corrected chi connectivity index (χ1v) is 12.4. The van der Waals surface area contributed by atoms with Crippen molar-refractivity contribution in [2.45, 2.75) is 20.0 Å². The molecule has 4 rings (SSSR count). The zero-order valence-electron chi connectivity index (χ0n) is 19.4. The van der Waals surface area contributed by atoms with E-state index < -0.39 is 5.92 Å². The van der Waals surface area contributed by atoms with Crippen LogP contribution in [0.2, 0.25) is 15.1 Å². The van der Waals surface area contributed by atoms with Crippen LogP contribution in [0.1, 0.15) is 18.9 Å². The second kappa shape index (κ2) is 11.7. The number of ether oxygens (including phenoxy) is 2. The third-order valence-corrected chi connectivity index (χ3v) is 6.57. The number of rotatable bonds is 9. The van der Waals surface area contributed by atoms with Crippen molar-refractivity contribution in [3.8, 4) is 11.5 Å². The molecule has 3 aromatic rings. The molecule has 0 aliphatic carbocycles. The van der Waals surface area contributed by atoms with Crippen LogP contribution in [0.4, 0.5) is 11.4 Å². The van der Waals surface area contributed by atoms with Crippen LogP contribution < -0.4 is 25.2 Å². The lowest BCUT2D eigenvalue weighted by Crippen LogP contribution is -2.36. The number of amides is 2. The molecule has 10 heteroatoms. The molecule has 1 fully saturated rings. The maximum absolute atomic E-state index is 12.9. The summed E-state index contributed by atoms with van der Waals surface area (Å²) in [6, 6.07) is 17.5. The Labute approximate surface area is 224 Å². The van der Waals surface area contributed by atoms with Gasteiger partial charge in [0.25, 0.3) is 0 Å². The second-order valence-electron chi connectivity index (χ2n) is 8.12. The molecule has 1 atom stereocenters. The number of hydrazine groups is 1. The second-order valence-corrected chi connectivity index (χ2v) is 9.38. The average Bonchev–Trinajstić information content (AvgIpc) is 3.26. The predicted molar refractivity (Wildman–Crippen MR) is 142 cm³/mol. The molecule has 7 nitrogen and oxygen atoms in total. The van der Waals surface area contributed by atoms with Gasteiger partial charge in [0.05, 0.1) is 28.3 Å². The molecular formula is C26H24Cl3N3O4. The van der Waals surface area contributed by atoms with Crippen molar-refractivity contribution in [2.24, 2.45) is 5.92 Å². The minimum absolute atomic E-state index is 0.108. The first-order valence-electron chi connectivity index (χ1n) is 11.3. The van der Waals surface area contributed by atoms with Crippen LogP contribution in [0.3, 0.4) is 0 Å². The van der Waals surface area contributed by atoms with E-state index in [1.165, 1.54) is 0 Å². The van der Waals surface area contributed by atoms with Crippen molar-refractivity contribution in [2.75, 3.05) is 23.5 Å². The molecular weight excluding hydrogens is 525 g/mol. The molecule has 0 bridgehead atoms. The predicted octanol–water partition coefficient (Wildman–Crippen LogP) is 6.12. The molecule has 1 aliphatic heterocycles. The van der Waals surface area contributed by atoms with E-state index in [4.69, 9.17) is 44.3 Å². The largest absolute Gasteiger partial charge is 0.494 e. The number of benzene rings is 3. The Kier molecular flexibility index (Phi) is 8.46. The van der Waals surface area contributed by atoms with Crippen molar-refractivity contribution in [3.63, 3.8) is 0 Å². The number of hydrogen-bond acceptors (Lipinski definition) is 5. The normalized spacial score (nSPS) is 15.1. The van der Waals surface area contributed by atoms with Gasteiger partial charge in [0.15, 0.2) is 0 Å². The van der Waals surface area contributed by atoms with Crippen LogP contribution >= 0.6 is 34.8 Å². The van der Waals surface area contributed by atoms with E-state index in [1.807, 2.05) is 25.1 Å². The summed E-state index contributed by atoms with van der Waals surface area (Å²) in [5, 5.41) is 1.36. The van der Waals surface area contributed by atoms with Gasteiger partial charge in [-0.05, 0) is 67.1 Å².